The molecular formula is C20H20N2. The van der Waals surface area contributed by atoms with Gasteiger partial charge in [-0.3, -0.25) is 0 Å². The fraction of sp³-hybridized carbons (Fsp3) is 0.250. The van der Waals surface area contributed by atoms with Crippen molar-refractivity contribution in [2.24, 2.45) is 0 Å². The van der Waals surface area contributed by atoms with Crippen molar-refractivity contribution < 1.29 is 0 Å². The molecule has 22 heavy (non-hydrogen) atoms. The van der Waals surface area contributed by atoms with Gasteiger partial charge in [-0.1, -0.05) is 42.5 Å². The monoisotopic (exact) mass is 288 g/mol. The molecule has 0 amide bonds. The normalized spacial score (nSPS) is 15.4. The highest BCUT2D eigenvalue weighted by Crippen LogP contribution is 2.22. The molecule has 1 heterocycles. The van der Waals surface area contributed by atoms with E-state index < -0.39 is 0 Å². The molecule has 0 spiro atoms. The van der Waals surface area contributed by atoms with Crippen molar-refractivity contribution in [3.8, 4) is 6.07 Å². The Morgan fingerprint density at radius 2 is 1.59 bits per heavy atom. The Morgan fingerprint density at radius 1 is 0.909 bits per heavy atom. The molecule has 3 rings (SSSR count). The molecule has 0 aromatic heterocycles. The molecule has 0 atom stereocenters. The first-order chi connectivity index (χ1) is 10.9. The number of anilines is 1. The number of hydrogen-bond acceptors (Lipinski definition) is 2. The van der Waals surface area contributed by atoms with E-state index in [0.29, 0.717) is 5.57 Å². The zero-order valence-corrected chi connectivity index (χ0v) is 12.7. The molecule has 110 valence electrons. The number of nitrogens with zero attached hydrogens (tertiary/aromatic N) is 2. The number of hydrogen-bond donors (Lipinski definition) is 0. The van der Waals surface area contributed by atoms with Crippen molar-refractivity contribution in [1.82, 2.24) is 0 Å². The van der Waals surface area contributed by atoms with Crippen LogP contribution in [0.15, 0.2) is 54.6 Å². The molecule has 1 fully saturated rings. The second-order valence-corrected chi connectivity index (χ2v) is 5.68. The summed E-state index contributed by atoms with van der Waals surface area (Å²) in [6, 6.07) is 20.6. The fourth-order valence-corrected chi connectivity index (χ4v) is 2.90. The maximum Gasteiger partial charge on any atom is 0.0998 e. The number of rotatable bonds is 3. The Hall–Kier alpha value is -2.53. The molecule has 2 nitrogen and oxygen atoms in total. The third kappa shape index (κ3) is 3.38. The van der Waals surface area contributed by atoms with Gasteiger partial charge in [0.2, 0.25) is 0 Å². The zero-order valence-electron chi connectivity index (χ0n) is 12.7. The van der Waals surface area contributed by atoms with Crippen LogP contribution in [0.2, 0.25) is 0 Å². The Morgan fingerprint density at radius 3 is 2.23 bits per heavy atom. The molecule has 0 saturated carbocycles. The summed E-state index contributed by atoms with van der Waals surface area (Å²) in [4.78, 5) is 2.44. The van der Waals surface area contributed by atoms with E-state index in [1.54, 1.807) is 0 Å². The molecule has 0 aliphatic carbocycles. The summed E-state index contributed by atoms with van der Waals surface area (Å²) in [7, 11) is 0. The van der Waals surface area contributed by atoms with Gasteiger partial charge >= 0.3 is 0 Å². The lowest BCUT2D eigenvalue weighted by molar-refractivity contribution is 0.578. The molecule has 2 heteroatoms. The van der Waals surface area contributed by atoms with Crippen molar-refractivity contribution in [2.75, 3.05) is 18.0 Å². The smallest absolute Gasteiger partial charge is 0.0998 e. The van der Waals surface area contributed by atoms with Crippen LogP contribution in [0.4, 0.5) is 5.69 Å². The first-order valence-corrected chi connectivity index (χ1v) is 7.89. The molecule has 0 bridgehead atoms. The summed E-state index contributed by atoms with van der Waals surface area (Å²) >= 11 is 0. The highest BCUT2D eigenvalue weighted by Gasteiger charge is 2.10. The number of allylic oxidation sites excluding steroid dienone is 1. The van der Waals surface area contributed by atoms with Crippen LogP contribution in [0.25, 0.3) is 11.6 Å². The van der Waals surface area contributed by atoms with E-state index in [1.165, 1.54) is 24.9 Å². The topological polar surface area (TPSA) is 27.0 Å². The van der Waals surface area contributed by atoms with Crippen LogP contribution in [-0.2, 0) is 0 Å². The van der Waals surface area contributed by atoms with E-state index in [0.717, 1.165) is 24.2 Å². The van der Waals surface area contributed by atoms with Crippen LogP contribution < -0.4 is 4.90 Å². The van der Waals surface area contributed by atoms with Gasteiger partial charge in [0.25, 0.3) is 0 Å². The van der Waals surface area contributed by atoms with E-state index in [4.69, 9.17) is 0 Å². The molecule has 1 aliphatic heterocycles. The fourth-order valence-electron chi connectivity index (χ4n) is 2.90. The minimum Gasteiger partial charge on any atom is -0.372 e. The Bertz CT molecular complexity index is 672. The average molecular weight is 288 g/mol. The lowest BCUT2D eigenvalue weighted by atomic mass is 10.0. The standard InChI is InChI=1S/C20H20N2/c21-16-19(18-7-3-1-4-8-18)15-17-9-11-20(12-10-17)22-13-5-2-6-14-22/h1,3-4,7-12,15H,2,5-6,13-14H2/b19-15+. The highest BCUT2D eigenvalue weighted by molar-refractivity contribution is 5.89. The quantitative estimate of drug-likeness (QED) is 0.602. The van der Waals surface area contributed by atoms with Gasteiger partial charge < -0.3 is 4.90 Å². The Labute approximate surface area is 132 Å². The van der Waals surface area contributed by atoms with Gasteiger partial charge in [-0.15, -0.1) is 0 Å². The van der Waals surface area contributed by atoms with Gasteiger partial charge in [-0.05, 0) is 48.6 Å². The second-order valence-electron chi connectivity index (χ2n) is 5.68. The summed E-state index contributed by atoms with van der Waals surface area (Å²) < 4.78 is 0. The Kier molecular flexibility index (Phi) is 4.56. The Balaban J connectivity index is 1.80. The van der Waals surface area contributed by atoms with Crippen LogP contribution in [0.1, 0.15) is 30.4 Å². The maximum absolute atomic E-state index is 9.37. The van der Waals surface area contributed by atoms with Crippen molar-refractivity contribution in [3.63, 3.8) is 0 Å². The predicted molar refractivity (Wildman–Crippen MR) is 92.4 cm³/mol. The molecule has 0 N–H and O–H groups in total. The third-order valence-corrected chi connectivity index (χ3v) is 4.13. The molecule has 1 saturated heterocycles. The van der Waals surface area contributed by atoms with Gasteiger partial charge in [-0.2, -0.15) is 5.26 Å². The molecular weight excluding hydrogens is 268 g/mol. The molecule has 0 radical (unpaired) electrons. The van der Waals surface area contributed by atoms with Gasteiger partial charge in [0.05, 0.1) is 11.6 Å². The van der Waals surface area contributed by atoms with E-state index >= 15 is 0 Å². The van der Waals surface area contributed by atoms with Crippen LogP contribution in [0, 0.1) is 11.3 Å². The zero-order chi connectivity index (χ0) is 15.2. The van der Waals surface area contributed by atoms with Crippen LogP contribution in [0.5, 0.6) is 0 Å². The summed E-state index contributed by atoms with van der Waals surface area (Å²) in [6.45, 7) is 2.31. The summed E-state index contributed by atoms with van der Waals surface area (Å²) in [5.74, 6) is 0. The van der Waals surface area contributed by atoms with E-state index in [9.17, 15) is 5.26 Å². The largest absolute Gasteiger partial charge is 0.372 e. The minimum atomic E-state index is 0.700. The van der Waals surface area contributed by atoms with Gasteiger partial charge in [0.15, 0.2) is 0 Å². The summed E-state index contributed by atoms with van der Waals surface area (Å²) in [5, 5.41) is 9.37. The first kappa shape index (κ1) is 14.4. The van der Waals surface area contributed by atoms with E-state index in [2.05, 4.69) is 35.2 Å². The number of piperidine rings is 1. The molecule has 2 aromatic carbocycles. The van der Waals surface area contributed by atoms with Crippen LogP contribution in [0.3, 0.4) is 0 Å². The van der Waals surface area contributed by atoms with E-state index in [-0.39, 0.29) is 0 Å². The average Bonchev–Trinajstić information content (AvgIpc) is 2.62. The molecule has 0 unspecified atom stereocenters. The lowest BCUT2D eigenvalue weighted by Crippen LogP contribution is -2.29. The van der Waals surface area contributed by atoms with Crippen LogP contribution in [-0.4, -0.2) is 13.1 Å². The number of benzene rings is 2. The highest BCUT2D eigenvalue weighted by atomic mass is 15.1. The predicted octanol–water partition coefficient (Wildman–Crippen LogP) is 4.74. The maximum atomic E-state index is 9.37. The second kappa shape index (κ2) is 6.95. The van der Waals surface area contributed by atoms with Crippen molar-refractivity contribution in [1.29, 1.82) is 5.26 Å². The van der Waals surface area contributed by atoms with Gasteiger partial charge in [-0.25, -0.2) is 0 Å². The SMILES string of the molecule is N#C/C(=C\c1ccc(N2CCCCC2)cc1)c1ccccc1. The van der Waals surface area contributed by atoms with Crippen molar-refractivity contribution in [3.05, 3.63) is 65.7 Å². The third-order valence-electron chi connectivity index (χ3n) is 4.13. The van der Waals surface area contributed by atoms with E-state index in [1.807, 2.05) is 36.4 Å². The molecule has 2 aromatic rings. The van der Waals surface area contributed by atoms with Crippen molar-refractivity contribution >= 4 is 17.3 Å². The van der Waals surface area contributed by atoms with Gasteiger partial charge in [0, 0.05) is 18.8 Å². The summed E-state index contributed by atoms with van der Waals surface area (Å²) in [5.41, 5.74) is 4.02. The van der Waals surface area contributed by atoms with Gasteiger partial charge in [0.1, 0.15) is 0 Å². The first-order valence-electron chi connectivity index (χ1n) is 7.89. The number of nitriles is 1. The van der Waals surface area contributed by atoms with Crippen LogP contribution >= 0.6 is 0 Å². The molecule has 1 aliphatic rings. The van der Waals surface area contributed by atoms with Crippen molar-refractivity contribution in [2.45, 2.75) is 19.3 Å². The summed E-state index contributed by atoms with van der Waals surface area (Å²) in [6.07, 6.45) is 5.87. The minimum absolute atomic E-state index is 0.700. The lowest BCUT2D eigenvalue weighted by Gasteiger charge is -2.28.